The molecular formula is C10H18N2OS. The van der Waals surface area contributed by atoms with E-state index < -0.39 is 5.60 Å². The molecule has 0 amide bonds. The molecule has 0 aliphatic rings. The molecule has 0 aliphatic carbocycles. The molecule has 0 spiro atoms. The summed E-state index contributed by atoms with van der Waals surface area (Å²) in [4.78, 5) is 4.36. The van der Waals surface area contributed by atoms with Gasteiger partial charge in [0.2, 0.25) is 0 Å². The van der Waals surface area contributed by atoms with Crippen LogP contribution in [0, 0.1) is 6.92 Å². The Morgan fingerprint density at radius 1 is 1.57 bits per heavy atom. The van der Waals surface area contributed by atoms with E-state index in [9.17, 15) is 5.11 Å². The molecule has 0 bridgehead atoms. The molecule has 0 radical (unpaired) electrons. The van der Waals surface area contributed by atoms with Gasteiger partial charge in [-0.25, -0.2) is 4.98 Å². The standard InChI is InChI=1S/C10H18N2OS/c1-8-12-9(6-14-8)4-5-11-7-10(2,3)13/h6,11,13H,4-5,7H2,1-3H3. The van der Waals surface area contributed by atoms with Gasteiger partial charge >= 0.3 is 0 Å². The number of aromatic nitrogens is 1. The molecule has 1 aromatic heterocycles. The van der Waals surface area contributed by atoms with E-state index in [1.165, 1.54) is 0 Å². The van der Waals surface area contributed by atoms with Crippen molar-refractivity contribution in [2.24, 2.45) is 0 Å². The van der Waals surface area contributed by atoms with Gasteiger partial charge < -0.3 is 10.4 Å². The van der Waals surface area contributed by atoms with Crippen LogP contribution in [0.15, 0.2) is 5.38 Å². The van der Waals surface area contributed by atoms with Crippen LogP contribution in [0.2, 0.25) is 0 Å². The van der Waals surface area contributed by atoms with Crippen LogP contribution in [0.5, 0.6) is 0 Å². The highest BCUT2D eigenvalue weighted by molar-refractivity contribution is 7.09. The highest BCUT2D eigenvalue weighted by atomic mass is 32.1. The average molecular weight is 214 g/mol. The minimum absolute atomic E-state index is 0.621. The van der Waals surface area contributed by atoms with E-state index in [0.29, 0.717) is 6.54 Å². The molecule has 2 N–H and O–H groups in total. The second-order valence-electron chi connectivity index (χ2n) is 4.10. The lowest BCUT2D eigenvalue weighted by molar-refractivity contribution is 0.0801. The van der Waals surface area contributed by atoms with Crippen LogP contribution in [-0.4, -0.2) is 28.8 Å². The number of aryl methyl sites for hydroxylation is 1. The molecule has 0 aliphatic heterocycles. The molecule has 0 unspecified atom stereocenters. The highest BCUT2D eigenvalue weighted by Gasteiger charge is 2.10. The van der Waals surface area contributed by atoms with Gasteiger partial charge in [0.25, 0.3) is 0 Å². The minimum Gasteiger partial charge on any atom is -0.389 e. The monoisotopic (exact) mass is 214 g/mol. The van der Waals surface area contributed by atoms with Crippen molar-refractivity contribution in [1.82, 2.24) is 10.3 Å². The van der Waals surface area contributed by atoms with Gasteiger partial charge in [0.05, 0.1) is 16.3 Å². The Morgan fingerprint density at radius 3 is 2.79 bits per heavy atom. The maximum atomic E-state index is 9.44. The fourth-order valence-electron chi connectivity index (χ4n) is 1.13. The summed E-state index contributed by atoms with van der Waals surface area (Å²) in [5, 5.41) is 15.8. The Balaban J connectivity index is 2.16. The third kappa shape index (κ3) is 4.69. The van der Waals surface area contributed by atoms with E-state index in [1.807, 2.05) is 6.92 Å². The first-order chi connectivity index (χ1) is 6.47. The zero-order chi connectivity index (χ0) is 10.6. The van der Waals surface area contributed by atoms with Gasteiger partial charge in [-0.2, -0.15) is 0 Å². The van der Waals surface area contributed by atoms with Gasteiger partial charge in [-0.15, -0.1) is 11.3 Å². The van der Waals surface area contributed by atoms with E-state index >= 15 is 0 Å². The summed E-state index contributed by atoms with van der Waals surface area (Å²) >= 11 is 1.68. The summed E-state index contributed by atoms with van der Waals surface area (Å²) in [6.07, 6.45) is 0.931. The molecule has 4 heteroatoms. The van der Waals surface area contributed by atoms with Gasteiger partial charge in [0.1, 0.15) is 0 Å². The van der Waals surface area contributed by atoms with Crippen molar-refractivity contribution < 1.29 is 5.11 Å². The number of thiazole rings is 1. The molecular weight excluding hydrogens is 196 g/mol. The van der Waals surface area contributed by atoms with Crippen molar-refractivity contribution in [3.63, 3.8) is 0 Å². The van der Waals surface area contributed by atoms with Gasteiger partial charge in [0, 0.05) is 24.9 Å². The van der Waals surface area contributed by atoms with E-state index in [1.54, 1.807) is 25.2 Å². The number of nitrogens with one attached hydrogen (secondary N) is 1. The van der Waals surface area contributed by atoms with Gasteiger partial charge in [-0.1, -0.05) is 0 Å². The van der Waals surface area contributed by atoms with Crippen molar-refractivity contribution in [3.05, 3.63) is 16.1 Å². The fourth-order valence-corrected chi connectivity index (χ4v) is 1.78. The Labute approximate surface area is 89.2 Å². The number of hydrogen-bond donors (Lipinski definition) is 2. The van der Waals surface area contributed by atoms with Crippen LogP contribution in [0.25, 0.3) is 0 Å². The first-order valence-electron chi connectivity index (χ1n) is 4.81. The molecule has 1 heterocycles. The van der Waals surface area contributed by atoms with Gasteiger partial charge in [-0.3, -0.25) is 0 Å². The normalized spacial score (nSPS) is 12.0. The molecule has 14 heavy (non-hydrogen) atoms. The summed E-state index contributed by atoms with van der Waals surface area (Å²) in [6, 6.07) is 0. The second kappa shape index (κ2) is 4.87. The molecule has 0 aromatic carbocycles. The summed E-state index contributed by atoms with van der Waals surface area (Å²) in [5.41, 5.74) is 0.508. The second-order valence-corrected chi connectivity index (χ2v) is 5.16. The summed E-state index contributed by atoms with van der Waals surface area (Å²) < 4.78 is 0. The van der Waals surface area contributed by atoms with Crippen molar-refractivity contribution in [2.45, 2.75) is 32.8 Å². The Morgan fingerprint density at radius 2 is 2.29 bits per heavy atom. The van der Waals surface area contributed by atoms with Crippen LogP contribution in [0.4, 0.5) is 0 Å². The van der Waals surface area contributed by atoms with Crippen LogP contribution in [-0.2, 0) is 6.42 Å². The predicted octanol–water partition coefficient (Wildman–Crippen LogP) is 1.35. The maximum Gasteiger partial charge on any atom is 0.0897 e. The third-order valence-electron chi connectivity index (χ3n) is 1.78. The van der Waals surface area contributed by atoms with Crippen molar-refractivity contribution in [2.75, 3.05) is 13.1 Å². The molecule has 0 atom stereocenters. The summed E-state index contributed by atoms with van der Waals surface area (Å²) in [6.45, 7) is 7.10. The number of nitrogens with zero attached hydrogens (tertiary/aromatic N) is 1. The third-order valence-corrected chi connectivity index (χ3v) is 2.60. The van der Waals surface area contributed by atoms with Gasteiger partial charge in [-0.05, 0) is 20.8 Å². The zero-order valence-corrected chi connectivity index (χ0v) is 9.82. The molecule has 0 saturated heterocycles. The zero-order valence-electron chi connectivity index (χ0n) is 9.00. The molecule has 0 saturated carbocycles. The topological polar surface area (TPSA) is 45.2 Å². The largest absolute Gasteiger partial charge is 0.389 e. The van der Waals surface area contributed by atoms with Crippen molar-refractivity contribution >= 4 is 11.3 Å². The predicted molar refractivity (Wildman–Crippen MR) is 59.7 cm³/mol. The van der Waals surface area contributed by atoms with E-state index in [4.69, 9.17) is 0 Å². The quantitative estimate of drug-likeness (QED) is 0.727. The van der Waals surface area contributed by atoms with Crippen LogP contribution >= 0.6 is 11.3 Å². The Kier molecular flexibility index (Phi) is 4.04. The lowest BCUT2D eigenvalue weighted by Gasteiger charge is -2.17. The first-order valence-corrected chi connectivity index (χ1v) is 5.69. The summed E-state index contributed by atoms with van der Waals surface area (Å²) in [5.74, 6) is 0. The maximum absolute atomic E-state index is 9.44. The van der Waals surface area contributed by atoms with Crippen LogP contribution in [0.3, 0.4) is 0 Å². The van der Waals surface area contributed by atoms with Gasteiger partial charge in [0.15, 0.2) is 0 Å². The number of aliphatic hydroxyl groups is 1. The smallest absolute Gasteiger partial charge is 0.0897 e. The molecule has 3 nitrogen and oxygen atoms in total. The fraction of sp³-hybridized carbons (Fsp3) is 0.700. The Hall–Kier alpha value is -0.450. The Bertz CT molecular complexity index is 278. The van der Waals surface area contributed by atoms with Crippen LogP contribution < -0.4 is 5.32 Å². The molecule has 1 aromatic rings. The molecule has 0 fully saturated rings. The van der Waals surface area contributed by atoms with Crippen molar-refractivity contribution in [3.8, 4) is 0 Å². The summed E-state index contributed by atoms with van der Waals surface area (Å²) in [7, 11) is 0. The lowest BCUT2D eigenvalue weighted by atomic mass is 10.1. The first kappa shape index (κ1) is 11.6. The number of hydrogen-bond acceptors (Lipinski definition) is 4. The van der Waals surface area contributed by atoms with Crippen molar-refractivity contribution in [1.29, 1.82) is 0 Å². The molecule has 80 valence electrons. The highest BCUT2D eigenvalue weighted by Crippen LogP contribution is 2.07. The minimum atomic E-state index is -0.627. The molecule has 1 rings (SSSR count). The SMILES string of the molecule is Cc1nc(CCNCC(C)(C)O)cs1. The number of rotatable bonds is 5. The van der Waals surface area contributed by atoms with E-state index in [0.717, 1.165) is 23.7 Å². The van der Waals surface area contributed by atoms with E-state index in [2.05, 4.69) is 15.7 Å². The average Bonchev–Trinajstić information content (AvgIpc) is 2.44. The van der Waals surface area contributed by atoms with E-state index in [-0.39, 0.29) is 0 Å². The van der Waals surface area contributed by atoms with Crippen LogP contribution in [0.1, 0.15) is 24.5 Å². The lowest BCUT2D eigenvalue weighted by Crippen LogP contribution is -2.35.